The maximum absolute atomic E-state index is 5.49. The van der Waals surface area contributed by atoms with E-state index in [-0.39, 0.29) is 0 Å². The van der Waals surface area contributed by atoms with Crippen LogP contribution in [0.2, 0.25) is 0 Å². The van der Waals surface area contributed by atoms with E-state index in [1.54, 1.807) is 6.20 Å². The molecule has 0 aromatic carbocycles. The fourth-order valence-corrected chi connectivity index (χ4v) is 1.79. The highest BCUT2D eigenvalue weighted by Crippen LogP contribution is 2.20. The van der Waals surface area contributed by atoms with Crippen molar-refractivity contribution in [1.29, 1.82) is 0 Å². The number of nitrogens with zero attached hydrogens (tertiary/aromatic N) is 3. The van der Waals surface area contributed by atoms with Gasteiger partial charge in [0.15, 0.2) is 5.65 Å². The second-order valence-electron chi connectivity index (χ2n) is 4.04. The van der Waals surface area contributed by atoms with Crippen molar-refractivity contribution in [1.82, 2.24) is 20.2 Å². The molecule has 0 saturated heterocycles. The van der Waals surface area contributed by atoms with Gasteiger partial charge >= 0.3 is 0 Å². The first-order valence-electron chi connectivity index (χ1n) is 5.73. The van der Waals surface area contributed by atoms with E-state index >= 15 is 0 Å². The third kappa shape index (κ3) is 2.20. The zero-order chi connectivity index (χ0) is 13.2. The van der Waals surface area contributed by atoms with Gasteiger partial charge in [-0.1, -0.05) is 0 Å². The predicted octanol–water partition coefficient (Wildman–Crippen LogP) is 1.15. The summed E-state index contributed by atoms with van der Waals surface area (Å²) in [4.78, 5) is 8.40. The highest BCUT2D eigenvalue weighted by molar-refractivity contribution is 5.86. The van der Waals surface area contributed by atoms with Crippen molar-refractivity contribution in [3.05, 3.63) is 29.9 Å². The maximum atomic E-state index is 5.49. The number of hydrazine groups is 1. The first-order valence-corrected chi connectivity index (χ1v) is 5.73. The molecule has 0 aliphatic carbocycles. The molecule has 8 nitrogen and oxygen atoms in total. The number of aromatic amines is 1. The van der Waals surface area contributed by atoms with Crippen LogP contribution in [0.1, 0.15) is 11.5 Å². The predicted molar refractivity (Wildman–Crippen MR) is 70.3 cm³/mol. The van der Waals surface area contributed by atoms with E-state index in [1.165, 1.54) is 0 Å². The van der Waals surface area contributed by atoms with Crippen LogP contribution in [0, 0.1) is 6.92 Å². The fraction of sp³-hybridized carbons (Fsp3) is 0.182. The second kappa shape index (κ2) is 4.58. The molecule has 0 bridgehead atoms. The van der Waals surface area contributed by atoms with Crippen molar-refractivity contribution in [3.8, 4) is 0 Å². The highest BCUT2D eigenvalue weighted by atomic mass is 16.3. The van der Waals surface area contributed by atoms with Crippen LogP contribution in [-0.2, 0) is 6.54 Å². The molecule has 0 aliphatic rings. The van der Waals surface area contributed by atoms with Gasteiger partial charge in [0.25, 0.3) is 0 Å². The minimum atomic E-state index is 0.315. The monoisotopic (exact) mass is 259 g/mol. The second-order valence-corrected chi connectivity index (χ2v) is 4.04. The van der Waals surface area contributed by atoms with Crippen LogP contribution < -0.4 is 16.6 Å². The standard InChI is InChI=1S/C11H13N7O/c1-6-2-3-7(19-6)4-13-9-8-5-14-18-10(8)16-11(15-9)17-12/h2-3,5H,4,12H2,1H3,(H3,13,14,15,16,17,18). The van der Waals surface area contributed by atoms with Crippen LogP contribution in [0.25, 0.3) is 11.0 Å². The number of anilines is 2. The number of H-pyrrole nitrogens is 1. The third-order valence-corrected chi connectivity index (χ3v) is 2.66. The fourth-order valence-electron chi connectivity index (χ4n) is 1.79. The Balaban J connectivity index is 1.88. The van der Waals surface area contributed by atoms with Crippen LogP contribution in [0.15, 0.2) is 22.7 Å². The summed E-state index contributed by atoms with van der Waals surface area (Å²) in [5.41, 5.74) is 3.03. The Hall–Kier alpha value is -2.61. The number of aryl methyl sites for hydroxylation is 1. The molecule has 0 aliphatic heterocycles. The highest BCUT2D eigenvalue weighted by Gasteiger charge is 2.09. The molecule has 3 aromatic rings. The average molecular weight is 259 g/mol. The molecule has 0 spiro atoms. The Morgan fingerprint density at radius 1 is 1.37 bits per heavy atom. The summed E-state index contributed by atoms with van der Waals surface area (Å²) < 4.78 is 5.49. The molecule has 0 saturated carbocycles. The normalized spacial score (nSPS) is 10.8. The molecule has 3 aromatic heterocycles. The van der Waals surface area contributed by atoms with E-state index in [9.17, 15) is 0 Å². The van der Waals surface area contributed by atoms with Crippen molar-refractivity contribution in [2.45, 2.75) is 13.5 Å². The van der Waals surface area contributed by atoms with Gasteiger partial charge in [-0.25, -0.2) is 5.84 Å². The SMILES string of the molecule is Cc1ccc(CNc2nc(NN)nc3[nH]ncc23)o1. The van der Waals surface area contributed by atoms with Gasteiger partial charge in [0.2, 0.25) is 5.95 Å². The van der Waals surface area contributed by atoms with Gasteiger partial charge in [-0.15, -0.1) is 0 Å². The smallest absolute Gasteiger partial charge is 0.241 e. The molecule has 98 valence electrons. The number of nitrogen functional groups attached to an aromatic ring is 1. The lowest BCUT2D eigenvalue weighted by Crippen LogP contribution is -2.12. The molecule has 0 unspecified atom stereocenters. The summed E-state index contributed by atoms with van der Waals surface area (Å²) in [5.74, 6) is 7.99. The first-order chi connectivity index (χ1) is 9.26. The van der Waals surface area contributed by atoms with E-state index in [1.807, 2.05) is 19.1 Å². The summed E-state index contributed by atoms with van der Waals surface area (Å²) >= 11 is 0. The number of hydrogen-bond acceptors (Lipinski definition) is 7. The van der Waals surface area contributed by atoms with Gasteiger partial charge in [0.1, 0.15) is 17.3 Å². The Morgan fingerprint density at radius 3 is 3.00 bits per heavy atom. The zero-order valence-electron chi connectivity index (χ0n) is 10.3. The number of nitrogens with two attached hydrogens (primary N) is 1. The van der Waals surface area contributed by atoms with Gasteiger partial charge in [-0.3, -0.25) is 10.5 Å². The quantitative estimate of drug-likeness (QED) is 0.410. The Kier molecular flexibility index (Phi) is 2.76. The average Bonchev–Trinajstić information content (AvgIpc) is 3.04. The summed E-state index contributed by atoms with van der Waals surface area (Å²) in [6.07, 6.45) is 1.66. The topological polar surface area (TPSA) is 118 Å². The lowest BCUT2D eigenvalue weighted by Gasteiger charge is -2.06. The van der Waals surface area contributed by atoms with Gasteiger partial charge in [-0.2, -0.15) is 15.1 Å². The molecule has 0 amide bonds. The molecule has 0 fully saturated rings. The third-order valence-electron chi connectivity index (χ3n) is 2.66. The van der Waals surface area contributed by atoms with Crippen molar-refractivity contribution in [2.75, 3.05) is 10.7 Å². The summed E-state index contributed by atoms with van der Waals surface area (Å²) in [7, 11) is 0. The van der Waals surface area contributed by atoms with E-state index in [2.05, 4.69) is 30.9 Å². The lowest BCUT2D eigenvalue weighted by molar-refractivity contribution is 0.490. The van der Waals surface area contributed by atoms with Crippen LogP contribution in [0.4, 0.5) is 11.8 Å². The maximum Gasteiger partial charge on any atom is 0.241 e. The minimum Gasteiger partial charge on any atom is -0.465 e. The number of furan rings is 1. The zero-order valence-corrected chi connectivity index (χ0v) is 10.3. The van der Waals surface area contributed by atoms with Gasteiger partial charge in [0.05, 0.1) is 18.1 Å². The summed E-state index contributed by atoms with van der Waals surface area (Å²) in [6.45, 7) is 2.42. The minimum absolute atomic E-state index is 0.315. The molecule has 5 N–H and O–H groups in total. The molecule has 0 atom stereocenters. The van der Waals surface area contributed by atoms with E-state index in [4.69, 9.17) is 10.3 Å². The van der Waals surface area contributed by atoms with Crippen molar-refractivity contribution in [2.24, 2.45) is 5.84 Å². The van der Waals surface area contributed by atoms with Gasteiger partial charge < -0.3 is 9.73 Å². The van der Waals surface area contributed by atoms with Crippen LogP contribution in [0.5, 0.6) is 0 Å². The van der Waals surface area contributed by atoms with Gasteiger partial charge in [0, 0.05) is 0 Å². The number of hydrogen-bond donors (Lipinski definition) is 4. The van der Waals surface area contributed by atoms with Crippen LogP contribution >= 0.6 is 0 Å². The molecule has 0 radical (unpaired) electrons. The Bertz CT molecular complexity index is 702. The van der Waals surface area contributed by atoms with E-state index in [0.29, 0.717) is 24.0 Å². The molecular weight excluding hydrogens is 246 g/mol. The Morgan fingerprint density at radius 2 is 2.26 bits per heavy atom. The van der Waals surface area contributed by atoms with Crippen molar-refractivity contribution >= 4 is 22.8 Å². The van der Waals surface area contributed by atoms with E-state index in [0.717, 1.165) is 16.9 Å². The van der Waals surface area contributed by atoms with Crippen LogP contribution in [-0.4, -0.2) is 20.2 Å². The molecule has 3 rings (SSSR count). The number of nitrogens with one attached hydrogen (secondary N) is 3. The van der Waals surface area contributed by atoms with Gasteiger partial charge in [-0.05, 0) is 19.1 Å². The largest absolute Gasteiger partial charge is 0.465 e. The number of aromatic nitrogens is 4. The van der Waals surface area contributed by atoms with Crippen LogP contribution in [0.3, 0.4) is 0 Å². The summed E-state index contributed by atoms with van der Waals surface area (Å²) in [6, 6.07) is 3.83. The first kappa shape index (κ1) is 11.5. The molecule has 8 heteroatoms. The Labute approximate surface area is 108 Å². The lowest BCUT2D eigenvalue weighted by atomic mass is 10.3. The number of fused-ring (bicyclic) bond motifs is 1. The molecule has 3 heterocycles. The molecular formula is C11H13N7O. The van der Waals surface area contributed by atoms with E-state index < -0.39 is 0 Å². The summed E-state index contributed by atoms with van der Waals surface area (Å²) in [5, 5.41) is 10.7. The molecule has 19 heavy (non-hydrogen) atoms. The number of rotatable bonds is 4. The van der Waals surface area contributed by atoms with Crippen molar-refractivity contribution in [3.63, 3.8) is 0 Å². The van der Waals surface area contributed by atoms with Crippen molar-refractivity contribution < 1.29 is 4.42 Å².